The summed E-state index contributed by atoms with van der Waals surface area (Å²) in [6, 6.07) is 0. The number of aryl methyl sites for hydroxylation is 2. The fourth-order valence-corrected chi connectivity index (χ4v) is 2.08. The number of nitrogens with zero attached hydrogens (tertiary/aromatic N) is 1. The van der Waals surface area contributed by atoms with Crippen LogP contribution in [0.1, 0.15) is 57.8 Å². The lowest BCUT2D eigenvalue weighted by Gasteiger charge is -1.98. The van der Waals surface area contributed by atoms with E-state index in [0.717, 1.165) is 12.3 Å². The number of hydrogen-bond acceptors (Lipinski definition) is 2. The molecule has 0 fully saturated rings. The van der Waals surface area contributed by atoms with E-state index in [2.05, 4.69) is 12.0 Å². The van der Waals surface area contributed by atoms with Crippen molar-refractivity contribution in [1.29, 1.82) is 0 Å². The monoisotopic (exact) mass is 243 g/mol. The van der Waals surface area contributed by atoms with Crippen LogP contribution in [0.3, 0.4) is 0 Å². The van der Waals surface area contributed by atoms with E-state index in [1.807, 2.05) is 11.7 Å². The highest BCUT2D eigenvalue weighted by Crippen LogP contribution is 2.08. The molecule has 92 valence electrons. The Morgan fingerprint density at radius 2 is 1.75 bits per heavy atom. The second-order valence-corrected chi connectivity index (χ2v) is 4.70. The van der Waals surface area contributed by atoms with Gasteiger partial charge < -0.3 is 4.42 Å². The first kappa shape index (κ1) is 13.4. The van der Waals surface area contributed by atoms with E-state index in [1.165, 1.54) is 44.9 Å². The normalized spacial score (nSPS) is 10.9. The minimum atomic E-state index is 0.473. The minimum Gasteiger partial charge on any atom is -0.375 e. The minimum absolute atomic E-state index is 0.473. The number of nitrogens with one attached hydrogen (secondary N) is 1. The van der Waals surface area contributed by atoms with Gasteiger partial charge in [0.2, 0.25) is 0 Å². The summed E-state index contributed by atoms with van der Waals surface area (Å²) < 4.78 is 7.26. The highest BCUT2D eigenvalue weighted by Gasteiger charge is 2.11. The number of unbranched alkanes of at least 4 members (excludes halogenated alkanes) is 6. The van der Waals surface area contributed by atoms with E-state index in [4.69, 9.17) is 16.6 Å². The van der Waals surface area contributed by atoms with Gasteiger partial charge >= 0.3 is 10.7 Å². The van der Waals surface area contributed by atoms with Crippen molar-refractivity contribution in [3.8, 4) is 0 Å². The molecule has 1 aromatic rings. The zero-order valence-electron chi connectivity index (χ0n) is 10.4. The van der Waals surface area contributed by atoms with E-state index in [1.54, 1.807) is 0 Å². The maximum atomic E-state index is 5.38. The quantitative estimate of drug-likeness (QED) is 0.431. The molecule has 0 atom stereocenters. The number of aromatic nitrogens is 2. The third-order valence-corrected chi connectivity index (χ3v) is 3.01. The van der Waals surface area contributed by atoms with Gasteiger partial charge in [-0.3, -0.25) is 0 Å². The van der Waals surface area contributed by atoms with Gasteiger partial charge in [0.15, 0.2) is 7.05 Å². The zero-order chi connectivity index (χ0) is 11.8. The van der Waals surface area contributed by atoms with Crippen LogP contribution >= 0.6 is 12.2 Å². The first-order valence-electron chi connectivity index (χ1n) is 6.32. The molecule has 0 saturated carbocycles. The lowest BCUT2D eigenvalue weighted by Crippen LogP contribution is -2.34. The van der Waals surface area contributed by atoms with Crippen molar-refractivity contribution in [1.82, 2.24) is 5.10 Å². The van der Waals surface area contributed by atoms with Crippen molar-refractivity contribution in [2.75, 3.05) is 0 Å². The van der Waals surface area contributed by atoms with Gasteiger partial charge in [0.25, 0.3) is 0 Å². The molecule has 1 N–H and O–H groups in total. The Bertz CT molecular complexity index is 343. The van der Waals surface area contributed by atoms with Crippen molar-refractivity contribution < 1.29 is 9.10 Å². The van der Waals surface area contributed by atoms with Crippen LogP contribution in [-0.2, 0) is 13.5 Å². The Hall–Kier alpha value is -0.640. The second kappa shape index (κ2) is 7.60. The maximum Gasteiger partial charge on any atom is 0.372 e. The summed E-state index contributed by atoms with van der Waals surface area (Å²) in [7, 11) is 1.94. The van der Waals surface area contributed by atoms with Gasteiger partial charge in [0.1, 0.15) is 0 Å². The van der Waals surface area contributed by atoms with Gasteiger partial charge in [-0.1, -0.05) is 50.1 Å². The van der Waals surface area contributed by atoms with Gasteiger partial charge in [-0.15, -0.1) is 5.10 Å². The predicted molar refractivity (Wildman–Crippen MR) is 66.8 cm³/mol. The Balaban J connectivity index is 2.07. The van der Waals surface area contributed by atoms with Crippen LogP contribution in [0.25, 0.3) is 0 Å². The van der Waals surface area contributed by atoms with Gasteiger partial charge in [-0.25, -0.2) is 0 Å². The molecule has 1 aromatic heterocycles. The molecule has 0 unspecified atom stereocenters. The topological polar surface area (TPSA) is 32.8 Å². The molecule has 0 aliphatic heterocycles. The first-order chi connectivity index (χ1) is 7.74. The third kappa shape index (κ3) is 4.92. The van der Waals surface area contributed by atoms with Crippen LogP contribution in [0.4, 0.5) is 0 Å². The molecule has 3 nitrogen and oxygen atoms in total. The van der Waals surface area contributed by atoms with Crippen LogP contribution in [-0.4, -0.2) is 5.10 Å². The van der Waals surface area contributed by atoms with E-state index in [0.29, 0.717) is 4.84 Å². The number of hydrogen-bond donors (Lipinski definition) is 1. The lowest BCUT2D eigenvalue weighted by molar-refractivity contribution is -0.738. The fourth-order valence-electron chi connectivity index (χ4n) is 1.85. The smallest absolute Gasteiger partial charge is 0.372 e. The summed E-state index contributed by atoms with van der Waals surface area (Å²) in [5.74, 6) is 0.957. The summed E-state index contributed by atoms with van der Waals surface area (Å²) in [5, 5.41) is 2.94. The molecule has 0 aromatic carbocycles. The Morgan fingerprint density at radius 1 is 1.12 bits per heavy atom. The van der Waals surface area contributed by atoms with Crippen molar-refractivity contribution >= 4 is 12.2 Å². The molecule has 16 heavy (non-hydrogen) atoms. The lowest BCUT2D eigenvalue weighted by atomic mass is 10.1. The summed E-state index contributed by atoms with van der Waals surface area (Å²) in [6.45, 7) is 2.25. The highest BCUT2D eigenvalue weighted by atomic mass is 32.1. The average molecular weight is 243 g/mol. The van der Waals surface area contributed by atoms with E-state index in [9.17, 15) is 0 Å². The molecule has 0 bridgehead atoms. The number of aromatic amines is 1. The van der Waals surface area contributed by atoms with Gasteiger partial charge in [0, 0.05) is 0 Å². The summed E-state index contributed by atoms with van der Waals surface area (Å²) in [4.78, 5) is 0.473. The van der Waals surface area contributed by atoms with E-state index < -0.39 is 0 Å². The SMILES string of the molecule is CCCCCCCCCc1oc(=S)[nH][n+]1C. The Labute approximate surface area is 103 Å². The average Bonchev–Trinajstić information content (AvgIpc) is 2.56. The molecule has 0 aliphatic rings. The molecule has 1 rings (SSSR count). The van der Waals surface area contributed by atoms with Gasteiger partial charge in [0.05, 0.1) is 6.42 Å². The van der Waals surface area contributed by atoms with Crippen LogP contribution in [0.2, 0.25) is 0 Å². The Kier molecular flexibility index (Phi) is 6.38. The molecule has 0 amide bonds. The molecule has 4 heteroatoms. The van der Waals surface area contributed by atoms with Crippen LogP contribution in [0.15, 0.2) is 4.42 Å². The van der Waals surface area contributed by atoms with Crippen LogP contribution in [0, 0.1) is 4.84 Å². The fraction of sp³-hybridized carbons (Fsp3) is 0.833. The zero-order valence-corrected chi connectivity index (χ0v) is 11.2. The van der Waals surface area contributed by atoms with Crippen molar-refractivity contribution in [3.63, 3.8) is 0 Å². The number of rotatable bonds is 8. The predicted octanol–water partition coefficient (Wildman–Crippen LogP) is 3.45. The maximum absolute atomic E-state index is 5.38. The van der Waals surface area contributed by atoms with Crippen LogP contribution < -0.4 is 4.68 Å². The highest BCUT2D eigenvalue weighted by molar-refractivity contribution is 7.71. The molecule has 1 heterocycles. The first-order valence-corrected chi connectivity index (χ1v) is 6.73. The third-order valence-electron chi connectivity index (χ3n) is 2.84. The molecular weight excluding hydrogens is 220 g/mol. The van der Waals surface area contributed by atoms with Crippen molar-refractivity contribution in [2.45, 2.75) is 58.3 Å². The standard InChI is InChI=1S/C12H22N2OS/c1-3-4-5-6-7-8-9-10-11-14(2)13-12(16)15-11/h3-10H2,1-2H3/p+1. The molecule has 0 radical (unpaired) electrons. The van der Waals surface area contributed by atoms with E-state index in [-0.39, 0.29) is 0 Å². The van der Waals surface area contributed by atoms with Gasteiger partial charge in [-0.05, 0) is 18.6 Å². The summed E-state index contributed by atoms with van der Waals surface area (Å²) >= 11 is 4.93. The van der Waals surface area contributed by atoms with E-state index >= 15 is 0 Å². The van der Waals surface area contributed by atoms with Crippen LogP contribution in [0.5, 0.6) is 0 Å². The van der Waals surface area contributed by atoms with Crippen molar-refractivity contribution in [2.24, 2.45) is 7.05 Å². The molecular formula is C12H23N2OS+. The number of H-pyrrole nitrogens is 1. The second-order valence-electron chi connectivity index (χ2n) is 4.33. The van der Waals surface area contributed by atoms with Gasteiger partial charge in [-0.2, -0.15) is 0 Å². The Morgan fingerprint density at radius 3 is 2.31 bits per heavy atom. The summed E-state index contributed by atoms with van der Waals surface area (Å²) in [6.07, 6.45) is 10.3. The molecule has 0 saturated heterocycles. The van der Waals surface area contributed by atoms with Crippen molar-refractivity contribution in [3.05, 3.63) is 10.7 Å². The molecule has 0 aliphatic carbocycles. The molecule has 0 spiro atoms. The largest absolute Gasteiger partial charge is 0.375 e. The summed E-state index contributed by atoms with van der Waals surface area (Å²) in [5.41, 5.74) is 0.